The van der Waals surface area contributed by atoms with Crippen LogP contribution in [0.1, 0.15) is 48.0 Å². The average Bonchev–Trinajstić information content (AvgIpc) is 2.63. The zero-order chi connectivity index (χ0) is 17.6. The summed E-state index contributed by atoms with van der Waals surface area (Å²) in [5, 5.41) is 9.27. The van der Waals surface area contributed by atoms with Crippen LogP contribution in [0.15, 0.2) is 24.3 Å². The van der Waals surface area contributed by atoms with E-state index in [1.807, 2.05) is 12.1 Å². The summed E-state index contributed by atoms with van der Waals surface area (Å²) in [6.07, 6.45) is 5.95. The van der Waals surface area contributed by atoms with Crippen LogP contribution in [-0.4, -0.2) is 59.5 Å². The number of carboxylic acid groups (broad SMARTS) is 1. The Labute approximate surface area is 149 Å². The molecule has 0 aromatic heterocycles. The fraction of sp³-hybridized carbons (Fsp3) is 0.600. The van der Waals surface area contributed by atoms with Gasteiger partial charge in [0.15, 0.2) is 0 Å². The number of rotatable bonds is 6. The van der Waals surface area contributed by atoms with E-state index < -0.39 is 5.97 Å². The van der Waals surface area contributed by atoms with E-state index in [0.717, 1.165) is 76.8 Å². The summed E-state index contributed by atoms with van der Waals surface area (Å²) in [7, 11) is 0. The first-order valence-corrected chi connectivity index (χ1v) is 9.45. The number of carbonyl (C=O) groups is 2. The lowest BCUT2D eigenvalue weighted by molar-refractivity contribution is -0.134. The Kier molecular flexibility index (Phi) is 6.08. The number of piperidine rings is 2. The first-order chi connectivity index (χ1) is 12.1. The average molecular weight is 344 g/mol. The number of benzene rings is 1. The van der Waals surface area contributed by atoms with Crippen molar-refractivity contribution in [3.63, 3.8) is 0 Å². The number of carbonyl (C=O) groups excluding carboxylic acids is 1. The van der Waals surface area contributed by atoms with Crippen LogP contribution in [0.2, 0.25) is 0 Å². The molecule has 5 nitrogen and oxygen atoms in total. The second kappa shape index (κ2) is 8.48. The summed E-state index contributed by atoms with van der Waals surface area (Å²) in [5.41, 5.74) is 1.33. The summed E-state index contributed by atoms with van der Waals surface area (Å²) < 4.78 is 0. The molecule has 2 heterocycles. The Bertz CT molecular complexity index is 609. The number of nitrogens with zero attached hydrogens (tertiary/aromatic N) is 2. The van der Waals surface area contributed by atoms with E-state index in [4.69, 9.17) is 0 Å². The maximum absolute atomic E-state index is 11.9. The summed E-state index contributed by atoms with van der Waals surface area (Å²) in [6.45, 7) is 4.85. The second-order valence-electron chi connectivity index (χ2n) is 7.29. The Morgan fingerprint density at radius 1 is 1.12 bits per heavy atom. The highest BCUT2D eigenvalue weighted by atomic mass is 16.4. The molecular weight excluding hydrogens is 316 g/mol. The molecule has 2 fully saturated rings. The summed E-state index contributed by atoms with van der Waals surface area (Å²) in [6, 6.07) is 7.28. The maximum atomic E-state index is 11.9. The van der Waals surface area contributed by atoms with Crippen molar-refractivity contribution in [1.82, 2.24) is 9.80 Å². The van der Waals surface area contributed by atoms with E-state index in [0.29, 0.717) is 17.4 Å². The van der Waals surface area contributed by atoms with Gasteiger partial charge in [0, 0.05) is 26.1 Å². The Morgan fingerprint density at radius 3 is 2.60 bits per heavy atom. The van der Waals surface area contributed by atoms with E-state index in [1.165, 1.54) is 0 Å². The zero-order valence-corrected chi connectivity index (χ0v) is 14.8. The third-order valence-corrected chi connectivity index (χ3v) is 5.55. The topological polar surface area (TPSA) is 60.9 Å². The van der Waals surface area contributed by atoms with Gasteiger partial charge in [-0.3, -0.25) is 4.79 Å². The molecule has 0 saturated carbocycles. The lowest BCUT2D eigenvalue weighted by Gasteiger charge is -2.36. The van der Waals surface area contributed by atoms with Crippen LogP contribution in [-0.2, 0) is 11.2 Å². The molecule has 2 aliphatic rings. The van der Waals surface area contributed by atoms with Gasteiger partial charge >= 0.3 is 5.97 Å². The predicted molar refractivity (Wildman–Crippen MR) is 96.7 cm³/mol. The summed E-state index contributed by atoms with van der Waals surface area (Å²) >= 11 is 0. The maximum Gasteiger partial charge on any atom is 0.335 e. The normalized spacial score (nSPS) is 20.0. The SMILES string of the molecule is O=C(O)c1ccccc1CCN1CCC(CN2CCCCC2=O)CC1. The first kappa shape index (κ1) is 17.9. The van der Waals surface area contributed by atoms with Crippen molar-refractivity contribution < 1.29 is 14.7 Å². The van der Waals surface area contributed by atoms with Crippen LogP contribution in [0.5, 0.6) is 0 Å². The Balaban J connectivity index is 1.44. The number of hydrogen-bond donors (Lipinski definition) is 1. The monoisotopic (exact) mass is 344 g/mol. The van der Waals surface area contributed by atoms with Crippen molar-refractivity contribution in [2.24, 2.45) is 5.92 Å². The standard InChI is InChI=1S/C20H28N2O3/c23-19-7-3-4-11-22(19)15-16-8-12-21(13-9-16)14-10-17-5-1-2-6-18(17)20(24)25/h1-2,5-6,16H,3-4,7-15H2,(H,24,25). The van der Waals surface area contributed by atoms with E-state index in [-0.39, 0.29) is 0 Å². The lowest BCUT2D eigenvalue weighted by atomic mass is 9.94. The first-order valence-electron chi connectivity index (χ1n) is 9.45. The van der Waals surface area contributed by atoms with E-state index in [2.05, 4.69) is 9.80 Å². The van der Waals surface area contributed by atoms with Gasteiger partial charge in [-0.1, -0.05) is 18.2 Å². The molecule has 3 rings (SSSR count). The van der Waals surface area contributed by atoms with Gasteiger partial charge < -0.3 is 14.9 Å². The van der Waals surface area contributed by atoms with Gasteiger partial charge in [-0.05, 0) is 62.7 Å². The third kappa shape index (κ3) is 4.82. The minimum atomic E-state index is -0.847. The van der Waals surface area contributed by atoms with Crippen LogP contribution in [0.4, 0.5) is 0 Å². The largest absolute Gasteiger partial charge is 0.478 e. The van der Waals surface area contributed by atoms with Crippen LogP contribution >= 0.6 is 0 Å². The van der Waals surface area contributed by atoms with E-state index in [1.54, 1.807) is 12.1 Å². The molecule has 2 aliphatic heterocycles. The van der Waals surface area contributed by atoms with Crippen LogP contribution in [0.3, 0.4) is 0 Å². The van der Waals surface area contributed by atoms with E-state index in [9.17, 15) is 14.7 Å². The molecular formula is C20H28N2O3. The molecule has 5 heteroatoms. The molecule has 0 atom stereocenters. The van der Waals surface area contributed by atoms with Crippen LogP contribution < -0.4 is 0 Å². The third-order valence-electron chi connectivity index (χ3n) is 5.55. The molecule has 1 amide bonds. The van der Waals surface area contributed by atoms with Crippen molar-refractivity contribution >= 4 is 11.9 Å². The number of aromatic carboxylic acids is 1. The minimum Gasteiger partial charge on any atom is -0.478 e. The molecule has 0 spiro atoms. The van der Waals surface area contributed by atoms with Crippen molar-refractivity contribution in [1.29, 1.82) is 0 Å². The van der Waals surface area contributed by atoms with Gasteiger partial charge in [0.05, 0.1) is 5.56 Å². The fourth-order valence-electron chi connectivity index (χ4n) is 3.98. The quantitative estimate of drug-likeness (QED) is 0.862. The highest BCUT2D eigenvalue weighted by molar-refractivity contribution is 5.89. The zero-order valence-electron chi connectivity index (χ0n) is 14.8. The van der Waals surface area contributed by atoms with Crippen molar-refractivity contribution in [3.05, 3.63) is 35.4 Å². The number of hydrogen-bond acceptors (Lipinski definition) is 3. The molecule has 0 aliphatic carbocycles. The van der Waals surface area contributed by atoms with Crippen molar-refractivity contribution in [2.75, 3.05) is 32.7 Å². The van der Waals surface area contributed by atoms with Gasteiger partial charge in [0.2, 0.25) is 5.91 Å². The summed E-state index contributed by atoms with van der Waals surface area (Å²) in [4.78, 5) is 27.7. The van der Waals surface area contributed by atoms with Crippen LogP contribution in [0.25, 0.3) is 0 Å². The second-order valence-corrected chi connectivity index (χ2v) is 7.29. The van der Waals surface area contributed by atoms with Crippen molar-refractivity contribution in [3.8, 4) is 0 Å². The molecule has 0 bridgehead atoms. The Hall–Kier alpha value is -1.88. The molecule has 0 unspecified atom stereocenters. The van der Waals surface area contributed by atoms with Gasteiger partial charge in [-0.15, -0.1) is 0 Å². The fourth-order valence-corrected chi connectivity index (χ4v) is 3.98. The molecule has 1 aromatic rings. The Morgan fingerprint density at radius 2 is 1.88 bits per heavy atom. The molecule has 2 saturated heterocycles. The minimum absolute atomic E-state index is 0.332. The molecule has 1 aromatic carbocycles. The number of likely N-dealkylation sites (tertiary alicyclic amines) is 2. The van der Waals surface area contributed by atoms with Gasteiger partial charge in [0.25, 0.3) is 0 Å². The number of carboxylic acids is 1. The van der Waals surface area contributed by atoms with Crippen LogP contribution in [0, 0.1) is 5.92 Å². The van der Waals surface area contributed by atoms with Gasteiger partial charge in [-0.2, -0.15) is 0 Å². The number of amides is 1. The lowest BCUT2D eigenvalue weighted by Crippen LogP contribution is -2.43. The summed E-state index contributed by atoms with van der Waals surface area (Å²) in [5.74, 6) is 0.101. The highest BCUT2D eigenvalue weighted by Crippen LogP contribution is 2.21. The van der Waals surface area contributed by atoms with Gasteiger partial charge in [-0.25, -0.2) is 4.79 Å². The van der Waals surface area contributed by atoms with Gasteiger partial charge in [0.1, 0.15) is 0 Å². The molecule has 0 radical (unpaired) electrons. The molecule has 1 N–H and O–H groups in total. The molecule has 136 valence electrons. The predicted octanol–water partition coefficient (Wildman–Crippen LogP) is 2.65. The molecule has 25 heavy (non-hydrogen) atoms. The highest BCUT2D eigenvalue weighted by Gasteiger charge is 2.25. The van der Waals surface area contributed by atoms with Crippen molar-refractivity contribution in [2.45, 2.75) is 38.5 Å². The smallest absolute Gasteiger partial charge is 0.335 e. The van der Waals surface area contributed by atoms with E-state index >= 15 is 0 Å².